The molecule has 0 aromatic carbocycles. The molecule has 0 aliphatic rings. The maximum atomic E-state index is 11.1. The molecule has 0 fully saturated rings. The van der Waals surface area contributed by atoms with Crippen LogP contribution in [0.25, 0.3) is 17.1 Å². The van der Waals surface area contributed by atoms with Gasteiger partial charge in [-0.15, -0.1) is 0 Å². The van der Waals surface area contributed by atoms with E-state index in [1.807, 2.05) is 48.7 Å². The lowest BCUT2D eigenvalue weighted by atomic mass is 10.2. The number of aromatic nitrogens is 2. The molecule has 0 aliphatic heterocycles. The predicted molar refractivity (Wildman–Crippen MR) is 73.7 cm³/mol. The molecule has 0 bridgehead atoms. The topological polar surface area (TPSA) is 67.7 Å². The molecule has 0 unspecified atom stereocenters. The van der Waals surface area contributed by atoms with Gasteiger partial charge in [0, 0.05) is 6.20 Å². The van der Waals surface area contributed by atoms with Crippen LogP contribution in [-0.4, -0.2) is 20.5 Å². The van der Waals surface area contributed by atoms with E-state index in [9.17, 15) is 4.79 Å². The number of pyridine rings is 1. The van der Waals surface area contributed by atoms with Gasteiger partial charge >= 0.3 is 5.97 Å². The second kappa shape index (κ2) is 4.52. The Balaban J connectivity index is 2.27. The van der Waals surface area contributed by atoms with Crippen molar-refractivity contribution >= 4 is 11.6 Å². The zero-order valence-electron chi connectivity index (χ0n) is 11.3. The summed E-state index contributed by atoms with van der Waals surface area (Å²) in [6.45, 7) is 3.81. The molecule has 3 rings (SSSR count). The first kappa shape index (κ1) is 12.5. The number of carboxylic acids is 1. The largest absolute Gasteiger partial charge is 0.481 e. The quantitative estimate of drug-likeness (QED) is 0.794. The zero-order chi connectivity index (χ0) is 14.3. The minimum atomic E-state index is -0.891. The molecule has 1 N–H and O–H groups in total. The van der Waals surface area contributed by atoms with Gasteiger partial charge in [0.05, 0.1) is 12.1 Å². The van der Waals surface area contributed by atoms with Gasteiger partial charge in [-0.2, -0.15) is 0 Å². The van der Waals surface area contributed by atoms with Crippen LogP contribution in [0.15, 0.2) is 34.9 Å². The van der Waals surface area contributed by atoms with Gasteiger partial charge in [0.15, 0.2) is 5.76 Å². The van der Waals surface area contributed by atoms with Crippen molar-refractivity contribution in [2.75, 3.05) is 0 Å². The van der Waals surface area contributed by atoms with Crippen LogP contribution < -0.4 is 0 Å². The van der Waals surface area contributed by atoms with Crippen molar-refractivity contribution in [1.82, 2.24) is 9.38 Å². The average molecular weight is 270 g/mol. The monoisotopic (exact) mass is 270 g/mol. The van der Waals surface area contributed by atoms with E-state index in [-0.39, 0.29) is 6.42 Å². The number of hydrogen-bond acceptors (Lipinski definition) is 3. The first-order valence-electron chi connectivity index (χ1n) is 6.31. The first-order chi connectivity index (χ1) is 9.54. The number of carbonyl (C=O) groups is 1. The highest BCUT2D eigenvalue weighted by Gasteiger charge is 2.18. The number of hydrogen-bond donors (Lipinski definition) is 1. The van der Waals surface area contributed by atoms with Crippen LogP contribution in [0.1, 0.15) is 17.0 Å². The fourth-order valence-electron chi connectivity index (χ4n) is 2.27. The molecular formula is C15H14N2O3. The van der Waals surface area contributed by atoms with E-state index in [0.717, 1.165) is 17.0 Å². The number of imidazole rings is 1. The number of rotatable bonds is 3. The minimum absolute atomic E-state index is 0.0975. The van der Waals surface area contributed by atoms with E-state index >= 15 is 0 Å². The Labute approximate surface area is 115 Å². The van der Waals surface area contributed by atoms with Crippen LogP contribution in [0.4, 0.5) is 0 Å². The average Bonchev–Trinajstić information content (AvgIpc) is 2.94. The Morgan fingerprint density at radius 2 is 2.10 bits per heavy atom. The van der Waals surface area contributed by atoms with Crippen molar-refractivity contribution in [2.24, 2.45) is 0 Å². The lowest BCUT2D eigenvalue weighted by Crippen LogP contribution is -2.04. The molecule has 3 aromatic rings. The molecular weight excluding hydrogens is 256 g/mol. The summed E-state index contributed by atoms with van der Waals surface area (Å²) in [7, 11) is 0. The van der Waals surface area contributed by atoms with E-state index < -0.39 is 5.97 Å². The summed E-state index contributed by atoms with van der Waals surface area (Å²) < 4.78 is 7.40. The molecule has 0 radical (unpaired) electrons. The van der Waals surface area contributed by atoms with Gasteiger partial charge < -0.3 is 13.9 Å². The summed E-state index contributed by atoms with van der Waals surface area (Å²) in [5.74, 6) is 0.479. The second-order valence-electron chi connectivity index (χ2n) is 4.82. The molecule has 3 heterocycles. The summed E-state index contributed by atoms with van der Waals surface area (Å²) in [6.07, 6.45) is 1.79. The van der Waals surface area contributed by atoms with Crippen molar-refractivity contribution in [1.29, 1.82) is 0 Å². The van der Waals surface area contributed by atoms with E-state index in [1.165, 1.54) is 0 Å². The second-order valence-corrected chi connectivity index (χ2v) is 4.82. The van der Waals surface area contributed by atoms with Gasteiger partial charge in [-0.05, 0) is 37.6 Å². The molecule has 5 heteroatoms. The van der Waals surface area contributed by atoms with E-state index in [0.29, 0.717) is 17.1 Å². The SMILES string of the molecule is Cc1ccc2nc(-c3ccc(C)o3)c(CC(=O)O)n2c1. The molecule has 5 nitrogen and oxygen atoms in total. The standard InChI is InChI=1S/C15H14N2O3/c1-9-3-6-13-16-15(12-5-4-10(2)20-12)11(7-14(18)19)17(13)8-9/h3-6,8H,7H2,1-2H3,(H,18,19). The molecule has 0 aliphatic carbocycles. The third-order valence-electron chi connectivity index (χ3n) is 3.16. The number of nitrogens with zero attached hydrogens (tertiary/aromatic N) is 2. The Morgan fingerprint density at radius 3 is 2.75 bits per heavy atom. The molecule has 20 heavy (non-hydrogen) atoms. The lowest BCUT2D eigenvalue weighted by molar-refractivity contribution is -0.136. The fourth-order valence-corrected chi connectivity index (χ4v) is 2.27. The number of carboxylic acid groups (broad SMARTS) is 1. The maximum Gasteiger partial charge on any atom is 0.309 e. The van der Waals surface area contributed by atoms with Gasteiger partial charge in [-0.1, -0.05) is 6.07 Å². The highest BCUT2D eigenvalue weighted by molar-refractivity contribution is 5.74. The van der Waals surface area contributed by atoms with E-state index in [1.54, 1.807) is 0 Å². The first-order valence-corrected chi connectivity index (χ1v) is 6.31. The van der Waals surface area contributed by atoms with Crippen LogP contribution in [0, 0.1) is 13.8 Å². The Morgan fingerprint density at radius 1 is 1.30 bits per heavy atom. The Bertz CT molecular complexity index is 799. The van der Waals surface area contributed by atoms with E-state index in [2.05, 4.69) is 4.98 Å². The third-order valence-corrected chi connectivity index (χ3v) is 3.16. The normalized spacial score (nSPS) is 11.1. The molecule has 0 atom stereocenters. The summed E-state index contributed by atoms with van der Waals surface area (Å²) in [4.78, 5) is 15.6. The van der Waals surface area contributed by atoms with Crippen LogP contribution in [0.3, 0.4) is 0 Å². The smallest absolute Gasteiger partial charge is 0.309 e. The Hall–Kier alpha value is -2.56. The number of furan rings is 1. The van der Waals surface area contributed by atoms with Gasteiger partial charge in [-0.25, -0.2) is 4.98 Å². The summed E-state index contributed by atoms with van der Waals surface area (Å²) in [6, 6.07) is 7.48. The van der Waals surface area contributed by atoms with Crippen molar-refractivity contribution < 1.29 is 14.3 Å². The maximum absolute atomic E-state index is 11.1. The predicted octanol–water partition coefficient (Wildman–Crippen LogP) is 2.84. The highest BCUT2D eigenvalue weighted by atomic mass is 16.4. The van der Waals surface area contributed by atoms with Gasteiger partial charge in [-0.3, -0.25) is 4.79 Å². The summed E-state index contributed by atoms with van der Waals surface area (Å²) in [5.41, 5.74) is 2.98. The van der Waals surface area contributed by atoms with Crippen molar-refractivity contribution in [3.05, 3.63) is 47.5 Å². The Kier molecular flexibility index (Phi) is 2.82. The summed E-state index contributed by atoms with van der Waals surface area (Å²) >= 11 is 0. The molecule has 0 saturated heterocycles. The van der Waals surface area contributed by atoms with Crippen LogP contribution in [0.5, 0.6) is 0 Å². The van der Waals surface area contributed by atoms with Crippen LogP contribution >= 0.6 is 0 Å². The highest BCUT2D eigenvalue weighted by Crippen LogP contribution is 2.27. The number of aryl methyl sites for hydroxylation is 2. The molecule has 0 amide bonds. The van der Waals surface area contributed by atoms with Crippen molar-refractivity contribution in [2.45, 2.75) is 20.3 Å². The van der Waals surface area contributed by atoms with E-state index in [4.69, 9.17) is 9.52 Å². The van der Waals surface area contributed by atoms with Crippen LogP contribution in [0.2, 0.25) is 0 Å². The number of aliphatic carboxylic acids is 1. The third kappa shape index (κ3) is 2.07. The molecule has 102 valence electrons. The number of fused-ring (bicyclic) bond motifs is 1. The fraction of sp³-hybridized carbons (Fsp3) is 0.200. The van der Waals surface area contributed by atoms with Gasteiger partial charge in [0.25, 0.3) is 0 Å². The lowest BCUT2D eigenvalue weighted by Gasteiger charge is -2.01. The molecule has 0 spiro atoms. The molecule has 0 saturated carbocycles. The molecule has 3 aromatic heterocycles. The van der Waals surface area contributed by atoms with Crippen LogP contribution in [-0.2, 0) is 11.2 Å². The minimum Gasteiger partial charge on any atom is -0.481 e. The van der Waals surface area contributed by atoms with Crippen molar-refractivity contribution in [3.8, 4) is 11.5 Å². The van der Waals surface area contributed by atoms with Gasteiger partial charge in [0.2, 0.25) is 0 Å². The van der Waals surface area contributed by atoms with Gasteiger partial charge in [0.1, 0.15) is 17.1 Å². The zero-order valence-corrected chi connectivity index (χ0v) is 11.3. The van der Waals surface area contributed by atoms with Crippen molar-refractivity contribution in [3.63, 3.8) is 0 Å². The summed E-state index contributed by atoms with van der Waals surface area (Å²) in [5, 5.41) is 9.12.